The van der Waals surface area contributed by atoms with Gasteiger partial charge in [-0.3, -0.25) is 0 Å². The molecule has 15 heavy (non-hydrogen) atoms. The Balaban J connectivity index is 2.50. The van der Waals surface area contributed by atoms with Crippen LogP contribution in [0, 0.1) is 0 Å². The number of phenols is 1. The Hall–Kier alpha value is -1.38. The molecule has 0 radical (unpaired) electrons. The molecule has 0 saturated heterocycles. The molecule has 3 heteroatoms. The van der Waals surface area contributed by atoms with E-state index < -0.39 is 0 Å². The summed E-state index contributed by atoms with van der Waals surface area (Å²) in [5, 5.41) is 9.82. The average molecular weight is 207 g/mol. The van der Waals surface area contributed by atoms with Gasteiger partial charge < -0.3 is 14.7 Å². The van der Waals surface area contributed by atoms with Crippen molar-refractivity contribution in [2.45, 2.75) is 19.8 Å². The van der Waals surface area contributed by atoms with Crippen molar-refractivity contribution >= 4 is 5.69 Å². The number of hydrogen-bond donors (Lipinski definition) is 1. The van der Waals surface area contributed by atoms with Crippen molar-refractivity contribution in [3.63, 3.8) is 0 Å². The maximum atomic E-state index is 9.82. The quantitative estimate of drug-likeness (QED) is 0.767. The summed E-state index contributed by atoms with van der Waals surface area (Å²) in [7, 11) is 2.04. The number of anilines is 1. The van der Waals surface area contributed by atoms with E-state index in [4.69, 9.17) is 4.74 Å². The van der Waals surface area contributed by atoms with Gasteiger partial charge in [-0.05, 0) is 17.5 Å². The Bertz CT molecular complexity index is 374. The molecule has 1 heterocycles. The lowest BCUT2D eigenvalue weighted by atomic mass is 10.0. The summed E-state index contributed by atoms with van der Waals surface area (Å²) in [6.45, 7) is 5.73. The summed E-state index contributed by atoms with van der Waals surface area (Å²) in [6.07, 6.45) is 0. The average Bonchev–Trinajstić information content (AvgIpc) is 2.16. The number of nitrogens with zero attached hydrogens (tertiary/aromatic N) is 1. The van der Waals surface area contributed by atoms with Crippen LogP contribution in [0.25, 0.3) is 0 Å². The monoisotopic (exact) mass is 207 g/mol. The molecule has 82 valence electrons. The first kappa shape index (κ1) is 10.1. The van der Waals surface area contributed by atoms with Gasteiger partial charge in [-0.1, -0.05) is 13.8 Å². The van der Waals surface area contributed by atoms with Crippen LogP contribution in [0.4, 0.5) is 5.69 Å². The van der Waals surface area contributed by atoms with Crippen LogP contribution in [-0.4, -0.2) is 25.3 Å². The molecule has 1 aliphatic heterocycles. The van der Waals surface area contributed by atoms with E-state index >= 15 is 0 Å². The number of phenolic OH excluding ortho intramolecular Hbond substituents is 1. The molecule has 1 aromatic carbocycles. The second-order valence-electron chi connectivity index (χ2n) is 4.30. The molecule has 0 bridgehead atoms. The van der Waals surface area contributed by atoms with E-state index in [0.717, 1.165) is 23.5 Å². The molecule has 0 atom stereocenters. The third-order valence-corrected chi connectivity index (χ3v) is 2.83. The summed E-state index contributed by atoms with van der Waals surface area (Å²) < 4.78 is 5.51. The Morgan fingerprint density at radius 1 is 1.40 bits per heavy atom. The van der Waals surface area contributed by atoms with Crippen LogP contribution in [0.5, 0.6) is 11.5 Å². The third-order valence-electron chi connectivity index (χ3n) is 2.83. The smallest absolute Gasteiger partial charge is 0.146 e. The fraction of sp³-hybridized carbons (Fsp3) is 0.500. The Kier molecular flexibility index (Phi) is 2.47. The summed E-state index contributed by atoms with van der Waals surface area (Å²) in [5.74, 6) is 1.44. The predicted molar refractivity (Wildman–Crippen MR) is 61.0 cm³/mol. The molecule has 0 unspecified atom stereocenters. The van der Waals surface area contributed by atoms with Crippen molar-refractivity contribution in [2.24, 2.45) is 0 Å². The van der Waals surface area contributed by atoms with E-state index in [9.17, 15) is 5.11 Å². The van der Waals surface area contributed by atoms with Crippen molar-refractivity contribution < 1.29 is 9.84 Å². The van der Waals surface area contributed by atoms with E-state index in [1.165, 1.54) is 0 Å². The van der Waals surface area contributed by atoms with E-state index in [2.05, 4.69) is 18.7 Å². The molecule has 1 N–H and O–H groups in total. The molecule has 2 rings (SSSR count). The van der Waals surface area contributed by atoms with E-state index in [-0.39, 0.29) is 0 Å². The normalized spacial score (nSPS) is 15.1. The molecule has 0 spiro atoms. The lowest BCUT2D eigenvalue weighted by molar-refractivity contribution is 0.309. The maximum absolute atomic E-state index is 9.82. The lowest BCUT2D eigenvalue weighted by Gasteiger charge is -2.28. The van der Waals surface area contributed by atoms with Gasteiger partial charge in [0.2, 0.25) is 0 Å². The van der Waals surface area contributed by atoms with E-state index in [0.29, 0.717) is 18.3 Å². The number of benzene rings is 1. The number of ether oxygens (including phenoxy) is 1. The van der Waals surface area contributed by atoms with Crippen molar-refractivity contribution in [2.75, 3.05) is 25.1 Å². The van der Waals surface area contributed by atoms with Crippen LogP contribution in [0.15, 0.2) is 12.1 Å². The zero-order valence-electron chi connectivity index (χ0n) is 9.45. The molecule has 3 nitrogen and oxygen atoms in total. The Labute approximate surface area is 90.3 Å². The first-order valence-electron chi connectivity index (χ1n) is 5.30. The molecule has 1 aliphatic rings. The van der Waals surface area contributed by atoms with Crippen LogP contribution in [-0.2, 0) is 0 Å². The second-order valence-corrected chi connectivity index (χ2v) is 4.30. The number of rotatable bonds is 1. The predicted octanol–water partition coefficient (Wildman–Crippen LogP) is 2.34. The van der Waals surface area contributed by atoms with Gasteiger partial charge in [-0.15, -0.1) is 0 Å². The van der Waals surface area contributed by atoms with E-state index in [1.807, 2.05) is 13.1 Å². The van der Waals surface area contributed by atoms with Crippen molar-refractivity contribution in [3.05, 3.63) is 17.7 Å². The van der Waals surface area contributed by atoms with Crippen LogP contribution in [0.2, 0.25) is 0 Å². The maximum Gasteiger partial charge on any atom is 0.146 e. The highest BCUT2D eigenvalue weighted by Crippen LogP contribution is 2.39. The highest BCUT2D eigenvalue weighted by atomic mass is 16.5. The number of fused-ring (bicyclic) bond motifs is 1. The number of aromatic hydroxyl groups is 1. The summed E-state index contributed by atoms with van der Waals surface area (Å²) in [6, 6.07) is 3.74. The van der Waals surface area contributed by atoms with Gasteiger partial charge in [-0.25, -0.2) is 0 Å². The molecule has 0 fully saturated rings. The molecular formula is C12H17NO2. The first-order valence-corrected chi connectivity index (χ1v) is 5.30. The zero-order valence-corrected chi connectivity index (χ0v) is 9.45. The topological polar surface area (TPSA) is 32.7 Å². The van der Waals surface area contributed by atoms with Crippen molar-refractivity contribution in [1.82, 2.24) is 0 Å². The summed E-state index contributed by atoms with van der Waals surface area (Å²) in [4.78, 5) is 2.16. The Morgan fingerprint density at radius 3 is 2.80 bits per heavy atom. The number of likely N-dealkylation sites (N-methyl/N-ethyl adjacent to an activating group) is 1. The van der Waals surface area contributed by atoms with Crippen LogP contribution < -0.4 is 9.64 Å². The van der Waals surface area contributed by atoms with Crippen LogP contribution in [0.1, 0.15) is 25.3 Å². The van der Waals surface area contributed by atoms with Gasteiger partial charge in [0.15, 0.2) is 0 Å². The third kappa shape index (κ3) is 1.74. The minimum atomic E-state index is 0.325. The fourth-order valence-electron chi connectivity index (χ4n) is 1.86. The highest BCUT2D eigenvalue weighted by Gasteiger charge is 2.18. The Morgan fingerprint density at radius 2 is 2.13 bits per heavy atom. The fourth-order valence-corrected chi connectivity index (χ4v) is 1.86. The molecule has 0 amide bonds. The minimum Gasteiger partial charge on any atom is -0.508 e. The van der Waals surface area contributed by atoms with Gasteiger partial charge >= 0.3 is 0 Å². The van der Waals surface area contributed by atoms with Gasteiger partial charge in [0.25, 0.3) is 0 Å². The highest BCUT2D eigenvalue weighted by molar-refractivity contribution is 5.64. The first-order chi connectivity index (χ1) is 7.09. The summed E-state index contributed by atoms with van der Waals surface area (Å²) >= 11 is 0. The van der Waals surface area contributed by atoms with Gasteiger partial charge in [0.1, 0.15) is 18.1 Å². The van der Waals surface area contributed by atoms with Crippen molar-refractivity contribution in [3.8, 4) is 11.5 Å². The van der Waals surface area contributed by atoms with E-state index in [1.54, 1.807) is 6.07 Å². The molecule has 0 aromatic heterocycles. The minimum absolute atomic E-state index is 0.325. The largest absolute Gasteiger partial charge is 0.508 e. The number of hydrogen-bond acceptors (Lipinski definition) is 3. The lowest BCUT2D eigenvalue weighted by Crippen LogP contribution is -2.28. The second kappa shape index (κ2) is 3.65. The van der Waals surface area contributed by atoms with Crippen LogP contribution in [0.3, 0.4) is 0 Å². The molecule has 0 saturated carbocycles. The molecule has 0 aliphatic carbocycles. The van der Waals surface area contributed by atoms with Gasteiger partial charge in [-0.2, -0.15) is 0 Å². The van der Waals surface area contributed by atoms with Gasteiger partial charge in [0, 0.05) is 13.1 Å². The molecular weight excluding hydrogens is 190 g/mol. The zero-order chi connectivity index (χ0) is 11.0. The van der Waals surface area contributed by atoms with Crippen LogP contribution >= 0.6 is 0 Å². The van der Waals surface area contributed by atoms with Crippen molar-refractivity contribution in [1.29, 1.82) is 0 Å². The summed E-state index contributed by atoms with van der Waals surface area (Å²) in [5.41, 5.74) is 2.05. The SMILES string of the molecule is CC(C)c1cc2c(cc1O)OCCN2C. The van der Waals surface area contributed by atoms with Gasteiger partial charge in [0.05, 0.1) is 12.2 Å². The standard InChI is InChI=1S/C12H17NO2/c1-8(2)9-6-10-12(7-11(9)14)15-5-4-13(10)3/h6-8,14H,4-5H2,1-3H3. The molecule has 1 aromatic rings.